The molecule has 6 fully saturated rings. The van der Waals surface area contributed by atoms with E-state index in [1.807, 2.05) is 41.5 Å². The Morgan fingerprint density at radius 3 is 1.06 bits per heavy atom. The number of rotatable bonds is 8. The van der Waals surface area contributed by atoms with E-state index in [0.717, 1.165) is 25.7 Å². The van der Waals surface area contributed by atoms with Crippen molar-refractivity contribution < 1.29 is 83.5 Å². The smallest absolute Gasteiger partial charge is 0.168 e. The predicted octanol–water partition coefficient (Wildman–Crippen LogP) is -1.07. The molecule has 17 heteroatoms. The zero-order valence-corrected chi connectivity index (χ0v) is 31.6. The number of ketones is 1. The molecular formula is C35H66O17. The molecule has 52 heavy (non-hydrogen) atoms. The molecule has 6 rings (SSSR count). The number of carbonyl (C=O) groups excluding carboxylic acids is 1. The summed E-state index contributed by atoms with van der Waals surface area (Å²) in [5.74, 6) is -0.666. The van der Waals surface area contributed by atoms with Crippen LogP contribution in [0.1, 0.15) is 80.1 Å². The minimum atomic E-state index is -0.921. The Kier molecular flexibility index (Phi) is 21.0. The second kappa shape index (κ2) is 23.2. The summed E-state index contributed by atoms with van der Waals surface area (Å²) < 4.78 is 43.2. The standard InChI is InChI=1S/2C10H18O4.2C5H10O4.C5H10O/c2*1-3-10(4-2)13-6-8-9(14-10)7(11)5-12-8;2*6-1-4-5(8)3(7)2-9-4;1-3-5(6)4-2/h2*7-9,11H,3-6H2,1-2H3;2*3-8H,1-2H2;3-4H2,1-2H3/t2*7-,8+,9+;2*3-,4+,5+;/m1010./s1. The fraction of sp³-hybridized carbons (Fsp3) is 0.971. The van der Waals surface area contributed by atoms with Gasteiger partial charge < -0.3 is 78.7 Å². The molecule has 0 bridgehead atoms. The first-order chi connectivity index (χ1) is 24.7. The summed E-state index contributed by atoms with van der Waals surface area (Å²) in [6.45, 7) is 13.4. The number of fused-ring (bicyclic) bond motifs is 2. The molecular weight excluding hydrogens is 692 g/mol. The van der Waals surface area contributed by atoms with Crippen molar-refractivity contribution in [1.29, 1.82) is 0 Å². The first-order valence-corrected chi connectivity index (χ1v) is 18.6. The number of Topliss-reactive ketones (excluding diaryl/α,β-unsaturated/α-hetero) is 1. The summed E-state index contributed by atoms with van der Waals surface area (Å²) in [7, 11) is 0. The lowest BCUT2D eigenvalue weighted by molar-refractivity contribution is -0.319. The van der Waals surface area contributed by atoms with Gasteiger partial charge in [-0.05, 0) is 25.7 Å². The van der Waals surface area contributed by atoms with Crippen LogP contribution in [0.15, 0.2) is 0 Å². The molecule has 0 aromatic rings. The minimum absolute atomic E-state index is 0.0868. The van der Waals surface area contributed by atoms with Crippen LogP contribution in [0.3, 0.4) is 0 Å². The molecule has 0 aromatic carbocycles. The molecule has 17 nitrogen and oxygen atoms in total. The molecule has 8 N–H and O–H groups in total. The van der Waals surface area contributed by atoms with Crippen molar-refractivity contribution in [3.05, 3.63) is 0 Å². The van der Waals surface area contributed by atoms with Crippen LogP contribution in [0.2, 0.25) is 0 Å². The zero-order chi connectivity index (χ0) is 39.1. The average Bonchev–Trinajstić information content (AvgIpc) is 3.93. The van der Waals surface area contributed by atoms with Crippen LogP contribution in [0.4, 0.5) is 0 Å². The van der Waals surface area contributed by atoms with Crippen molar-refractivity contribution >= 4 is 5.78 Å². The van der Waals surface area contributed by atoms with Gasteiger partial charge in [-0.1, -0.05) is 41.5 Å². The van der Waals surface area contributed by atoms with Gasteiger partial charge in [-0.2, -0.15) is 0 Å². The molecule has 0 aliphatic carbocycles. The fourth-order valence-corrected chi connectivity index (χ4v) is 6.09. The third-order valence-corrected chi connectivity index (χ3v) is 9.99. The summed E-state index contributed by atoms with van der Waals surface area (Å²) in [6, 6.07) is 0. The highest BCUT2D eigenvalue weighted by Crippen LogP contribution is 2.35. The van der Waals surface area contributed by atoms with Gasteiger partial charge >= 0.3 is 0 Å². The van der Waals surface area contributed by atoms with Gasteiger partial charge in [0, 0.05) is 12.8 Å². The molecule has 0 spiro atoms. The Morgan fingerprint density at radius 2 is 0.846 bits per heavy atom. The lowest BCUT2D eigenvalue weighted by Crippen LogP contribution is -2.52. The number of hydrogen-bond acceptors (Lipinski definition) is 17. The Bertz CT molecular complexity index is 907. The molecule has 0 aromatic heterocycles. The van der Waals surface area contributed by atoms with Crippen molar-refractivity contribution in [1.82, 2.24) is 0 Å². The highest BCUT2D eigenvalue weighted by Gasteiger charge is 2.49. The van der Waals surface area contributed by atoms with Crippen LogP contribution in [-0.2, 0) is 42.7 Å². The monoisotopic (exact) mass is 758 g/mol. The van der Waals surface area contributed by atoms with E-state index in [-0.39, 0.29) is 50.8 Å². The maximum atomic E-state index is 10.2. The lowest BCUT2D eigenvalue weighted by Gasteiger charge is -2.41. The Labute approximate surface area is 307 Å². The second-order valence-corrected chi connectivity index (χ2v) is 13.4. The third kappa shape index (κ3) is 13.1. The van der Waals surface area contributed by atoms with Crippen LogP contribution in [0.5, 0.6) is 0 Å². The lowest BCUT2D eigenvalue weighted by atomic mass is 10.1. The molecule has 308 valence electrons. The summed E-state index contributed by atoms with van der Waals surface area (Å²) in [5, 5.41) is 71.7. The Morgan fingerprint density at radius 1 is 0.519 bits per heavy atom. The van der Waals surface area contributed by atoms with E-state index in [0.29, 0.717) is 45.1 Å². The van der Waals surface area contributed by atoms with Crippen LogP contribution in [0.25, 0.3) is 0 Å². The first kappa shape index (κ1) is 47.2. The van der Waals surface area contributed by atoms with Crippen LogP contribution in [0, 0.1) is 0 Å². The molecule has 12 atom stereocenters. The van der Waals surface area contributed by atoms with Crippen molar-refractivity contribution in [3.63, 3.8) is 0 Å². The first-order valence-electron chi connectivity index (χ1n) is 18.6. The molecule has 6 saturated heterocycles. The molecule has 0 saturated carbocycles. The summed E-state index contributed by atoms with van der Waals surface area (Å²) in [5.41, 5.74) is 0. The van der Waals surface area contributed by atoms with Crippen molar-refractivity contribution in [3.8, 4) is 0 Å². The number of aliphatic hydroxyl groups is 8. The van der Waals surface area contributed by atoms with E-state index in [9.17, 15) is 15.0 Å². The molecule has 0 amide bonds. The van der Waals surface area contributed by atoms with E-state index in [4.69, 9.17) is 68.5 Å². The minimum Gasteiger partial charge on any atom is -0.394 e. The molecule has 0 unspecified atom stereocenters. The van der Waals surface area contributed by atoms with E-state index < -0.39 is 60.4 Å². The van der Waals surface area contributed by atoms with Gasteiger partial charge in [-0.25, -0.2) is 0 Å². The Balaban J connectivity index is 0.000000233. The molecule has 6 heterocycles. The van der Waals surface area contributed by atoms with Crippen LogP contribution in [-0.4, -0.2) is 184 Å². The highest BCUT2D eigenvalue weighted by atomic mass is 16.7. The second-order valence-electron chi connectivity index (χ2n) is 13.4. The summed E-state index contributed by atoms with van der Waals surface area (Å²) in [4.78, 5) is 10.2. The van der Waals surface area contributed by atoms with Gasteiger partial charge in [0.1, 0.15) is 79.0 Å². The van der Waals surface area contributed by atoms with E-state index in [1.54, 1.807) is 0 Å². The largest absolute Gasteiger partial charge is 0.394 e. The van der Waals surface area contributed by atoms with E-state index in [2.05, 4.69) is 0 Å². The quantitative estimate of drug-likeness (QED) is 0.147. The van der Waals surface area contributed by atoms with E-state index >= 15 is 0 Å². The van der Waals surface area contributed by atoms with Gasteiger partial charge in [0.25, 0.3) is 0 Å². The van der Waals surface area contributed by atoms with E-state index in [1.165, 1.54) is 0 Å². The number of ether oxygens (including phenoxy) is 8. The van der Waals surface area contributed by atoms with Gasteiger partial charge in [0.2, 0.25) is 0 Å². The van der Waals surface area contributed by atoms with Crippen LogP contribution < -0.4 is 0 Å². The summed E-state index contributed by atoms with van der Waals surface area (Å²) in [6.07, 6.45) is -1.68. The third-order valence-electron chi connectivity index (χ3n) is 9.99. The van der Waals surface area contributed by atoms with Crippen molar-refractivity contribution in [2.75, 3.05) is 52.9 Å². The molecule has 6 aliphatic rings. The van der Waals surface area contributed by atoms with Gasteiger partial charge in [0.15, 0.2) is 11.6 Å². The predicted molar refractivity (Wildman–Crippen MR) is 183 cm³/mol. The normalized spacial score (nSPS) is 38.1. The number of hydrogen-bond donors (Lipinski definition) is 8. The number of carbonyl (C=O) groups is 1. The van der Waals surface area contributed by atoms with Crippen LogP contribution >= 0.6 is 0 Å². The average molecular weight is 759 g/mol. The maximum Gasteiger partial charge on any atom is 0.168 e. The fourth-order valence-electron chi connectivity index (χ4n) is 6.09. The zero-order valence-electron chi connectivity index (χ0n) is 31.6. The SMILES string of the molecule is CCC(=O)CC.CCC1(CC)OC[C@@H]2OC[C@@H](O)[C@@H]2O1.CCC1(CC)OC[C@H]2OC[C@H](O)[C@H]2O1.OC[C@@H]1OC[C@@H](O)[C@@H]1O.OC[C@H]1OC[C@H](O)[C@H]1O. The van der Waals surface area contributed by atoms with Crippen molar-refractivity contribution in [2.45, 2.75) is 165 Å². The summed E-state index contributed by atoms with van der Waals surface area (Å²) >= 11 is 0. The molecule has 0 radical (unpaired) electrons. The van der Waals surface area contributed by atoms with Gasteiger partial charge in [-0.15, -0.1) is 0 Å². The molecule has 6 aliphatic heterocycles. The highest BCUT2D eigenvalue weighted by molar-refractivity contribution is 5.77. The van der Waals surface area contributed by atoms with Gasteiger partial charge in [0.05, 0.1) is 52.9 Å². The van der Waals surface area contributed by atoms with Gasteiger partial charge in [-0.3, -0.25) is 4.79 Å². The maximum absolute atomic E-state index is 10.2. The number of aliphatic hydroxyl groups excluding tert-OH is 8. The topological polar surface area (TPSA) is 253 Å². The Hall–Kier alpha value is -0.970. The van der Waals surface area contributed by atoms with Crippen molar-refractivity contribution in [2.24, 2.45) is 0 Å².